The minimum atomic E-state index is 0. The van der Waals surface area contributed by atoms with Gasteiger partial charge in [-0.15, -0.1) is 0 Å². The van der Waals surface area contributed by atoms with Gasteiger partial charge in [-0.2, -0.15) is 13.5 Å². The lowest BCUT2D eigenvalue weighted by molar-refractivity contribution is 0.149. The molecule has 0 aromatic carbocycles. The largest absolute Gasteiger partial charge is 0.317 e. The van der Waals surface area contributed by atoms with E-state index in [0.29, 0.717) is 0 Å². The van der Waals surface area contributed by atoms with Crippen molar-refractivity contribution in [2.75, 3.05) is 13.1 Å². The maximum Gasteiger partial charge on any atom is -0.00436 e. The topological polar surface area (TPSA) is 12.0 Å². The molecule has 0 unspecified atom stereocenters. The van der Waals surface area contributed by atoms with Gasteiger partial charge in [-0.25, -0.2) is 0 Å². The average molecular weight is 215 g/mol. The molecular formula is C12H25NS. The molecule has 2 aliphatic rings. The summed E-state index contributed by atoms with van der Waals surface area (Å²) < 4.78 is 0. The third-order valence-electron chi connectivity index (χ3n) is 4.08. The van der Waals surface area contributed by atoms with E-state index in [0.717, 1.165) is 5.41 Å². The Balaban J connectivity index is 0.000000980. The van der Waals surface area contributed by atoms with Crippen LogP contribution in [-0.2, 0) is 0 Å². The molecule has 84 valence electrons. The summed E-state index contributed by atoms with van der Waals surface area (Å²) in [6.07, 6.45) is 13.4. The van der Waals surface area contributed by atoms with Gasteiger partial charge in [0.05, 0.1) is 0 Å². The van der Waals surface area contributed by atoms with Gasteiger partial charge in [0.25, 0.3) is 0 Å². The fraction of sp³-hybridized carbons (Fsp3) is 1.00. The predicted octanol–water partition coefficient (Wildman–Crippen LogP) is 3.21. The fourth-order valence-electron chi connectivity index (χ4n) is 3.11. The lowest BCUT2D eigenvalue weighted by Gasteiger charge is -2.39. The molecule has 0 aromatic heterocycles. The highest BCUT2D eigenvalue weighted by Crippen LogP contribution is 2.41. The molecule has 2 rings (SSSR count). The molecule has 1 N–H and O–H groups in total. The second-order valence-electron chi connectivity index (χ2n) is 5.02. The zero-order valence-electron chi connectivity index (χ0n) is 9.28. The Morgan fingerprint density at radius 2 is 1.14 bits per heavy atom. The second-order valence-corrected chi connectivity index (χ2v) is 5.02. The summed E-state index contributed by atoms with van der Waals surface area (Å²) in [7, 11) is 0. The monoisotopic (exact) mass is 215 g/mol. The summed E-state index contributed by atoms with van der Waals surface area (Å²) in [6, 6.07) is 0. The highest BCUT2D eigenvalue weighted by Gasteiger charge is 2.31. The van der Waals surface area contributed by atoms with Gasteiger partial charge in [0.1, 0.15) is 0 Å². The van der Waals surface area contributed by atoms with Crippen LogP contribution in [0.15, 0.2) is 0 Å². The first-order chi connectivity index (χ1) is 6.41. The summed E-state index contributed by atoms with van der Waals surface area (Å²) in [5, 5.41) is 3.49. The lowest BCUT2D eigenvalue weighted by Crippen LogP contribution is -2.37. The maximum atomic E-state index is 3.49. The van der Waals surface area contributed by atoms with Gasteiger partial charge in [-0.3, -0.25) is 0 Å². The molecule has 0 aromatic rings. The Morgan fingerprint density at radius 1 is 0.643 bits per heavy atom. The van der Waals surface area contributed by atoms with Crippen LogP contribution in [0.4, 0.5) is 0 Å². The molecule has 0 bridgehead atoms. The van der Waals surface area contributed by atoms with Crippen molar-refractivity contribution in [2.45, 2.75) is 57.8 Å². The summed E-state index contributed by atoms with van der Waals surface area (Å²) in [4.78, 5) is 0. The molecule has 1 nitrogen and oxygen atoms in total. The van der Waals surface area contributed by atoms with E-state index in [1.807, 2.05) is 0 Å². The minimum absolute atomic E-state index is 0. The van der Waals surface area contributed by atoms with Crippen LogP contribution in [0.2, 0.25) is 0 Å². The quantitative estimate of drug-likeness (QED) is 0.654. The molecule has 1 saturated heterocycles. The van der Waals surface area contributed by atoms with E-state index in [1.165, 1.54) is 70.9 Å². The molecule has 1 saturated carbocycles. The molecule has 1 aliphatic carbocycles. The summed E-state index contributed by atoms with van der Waals surface area (Å²) >= 11 is 0. The van der Waals surface area contributed by atoms with Crippen molar-refractivity contribution in [1.82, 2.24) is 5.32 Å². The molecule has 1 heterocycles. The van der Waals surface area contributed by atoms with Crippen LogP contribution in [0.1, 0.15) is 57.8 Å². The van der Waals surface area contributed by atoms with Crippen molar-refractivity contribution in [2.24, 2.45) is 5.41 Å². The molecule has 2 heteroatoms. The molecular weight excluding hydrogens is 190 g/mol. The highest BCUT2D eigenvalue weighted by molar-refractivity contribution is 7.59. The smallest absolute Gasteiger partial charge is 0.00436 e. The van der Waals surface area contributed by atoms with E-state index in [4.69, 9.17) is 0 Å². The molecule has 2 fully saturated rings. The van der Waals surface area contributed by atoms with Crippen molar-refractivity contribution in [3.8, 4) is 0 Å². The maximum absolute atomic E-state index is 3.49. The Labute approximate surface area is 95.5 Å². The van der Waals surface area contributed by atoms with E-state index in [1.54, 1.807) is 0 Å². The summed E-state index contributed by atoms with van der Waals surface area (Å²) in [5.41, 5.74) is 0.770. The van der Waals surface area contributed by atoms with E-state index < -0.39 is 0 Å². The van der Waals surface area contributed by atoms with E-state index >= 15 is 0 Å². The Morgan fingerprint density at radius 3 is 1.71 bits per heavy atom. The SMILES string of the molecule is C1CCCC2(CCC1)CCNCC2.S. The van der Waals surface area contributed by atoms with E-state index in [9.17, 15) is 0 Å². The van der Waals surface area contributed by atoms with Crippen molar-refractivity contribution in [3.63, 3.8) is 0 Å². The second kappa shape index (κ2) is 6.02. The fourth-order valence-corrected chi connectivity index (χ4v) is 3.11. The average Bonchev–Trinajstić information content (AvgIpc) is 2.14. The van der Waals surface area contributed by atoms with Crippen LogP contribution >= 0.6 is 13.5 Å². The van der Waals surface area contributed by atoms with Crippen LogP contribution in [0.3, 0.4) is 0 Å². The van der Waals surface area contributed by atoms with Crippen LogP contribution in [0.5, 0.6) is 0 Å². The van der Waals surface area contributed by atoms with Gasteiger partial charge in [0, 0.05) is 0 Å². The number of hydrogen-bond acceptors (Lipinski definition) is 1. The number of piperidine rings is 1. The minimum Gasteiger partial charge on any atom is -0.317 e. The third kappa shape index (κ3) is 3.16. The van der Waals surface area contributed by atoms with E-state index in [2.05, 4.69) is 5.32 Å². The van der Waals surface area contributed by atoms with Crippen LogP contribution in [0.25, 0.3) is 0 Å². The van der Waals surface area contributed by atoms with Crippen LogP contribution in [0, 0.1) is 5.41 Å². The molecule has 14 heavy (non-hydrogen) atoms. The van der Waals surface area contributed by atoms with Crippen LogP contribution < -0.4 is 5.32 Å². The Hall–Kier alpha value is 0.310. The number of hydrogen-bond donors (Lipinski definition) is 1. The predicted molar refractivity (Wildman–Crippen MR) is 67.2 cm³/mol. The van der Waals surface area contributed by atoms with Gasteiger partial charge in [-0.1, -0.05) is 32.1 Å². The van der Waals surface area contributed by atoms with E-state index in [-0.39, 0.29) is 13.5 Å². The number of rotatable bonds is 0. The molecule has 1 spiro atoms. The van der Waals surface area contributed by atoms with Gasteiger partial charge < -0.3 is 5.32 Å². The Kier molecular flexibility index (Phi) is 5.32. The summed E-state index contributed by atoms with van der Waals surface area (Å²) in [6.45, 7) is 2.56. The molecule has 0 atom stereocenters. The summed E-state index contributed by atoms with van der Waals surface area (Å²) in [5.74, 6) is 0. The van der Waals surface area contributed by atoms with Crippen molar-refractivity contribution < 1.29 is 0 Å². The Bertz CT molecular complexity index is 142. The first-order valence-electron chi connectivity index (χ1n) is 6.12. The van der Waals surface area contributed by atoms with Gasteiger partial charge in [0.2, 0.25) is 0 Å². The zero-order chi connectivity index (χ0) is 8.99. The first-order valence-corrected chi connectivity index (χ1v) is 6.12. The standard InChI is InChI=1S/C12H23N.H2S/c1-2-4-6-12(7-5-3-1)8-10-13-11-9-12;/h13H,1-11H2;1H2. The first kappa shape index (κ1) is 12.4. The number of nitrogens with one attached hydrogen (secondary N) is 1. The van der Waals surface area contributed by atoms with Gasteiger partial charge >= 0.3 is 0 Å². The lowest BCUT2D eigenvalue weighted by atomic mass is 9.70. The molecule has 1 aliphatic heterocycles. The van der Waals surface area contributed by atoms with Crippen LogP contribution in [-0.4, -0.2) is 13.1 Å². The highest BCUT2D eigenvalue weighted by atomic mass is 32.1. The molecule has 0 radical (unpaired) electrons. The zero-order valence-corrected chi connectivity index (χ0v) is 10.3. The van der Waals surface area contributed by atoms with Crippen molar-refractivity contribution in [3.05, 3.63) is 0 Å². The van der Waals surface area contributed by atoms with Gasteiger partial charge in [0.15, 0.2) is 0 Å². The third-order valence-corrected chi connectivity index (χ3v) is 4.08. The van der Waals surface area contributed by atoms with Gasteiger partial charge in [-0.05, 0) is 44.2 Å². The molecule has 0 amide bonds. The van der Waals surface area contributed by atoms with Crippen molar-refractivity contribution >= 4 is 13.5 Å². The van der Waals surface area contributed by atoms with Crippen molar-refractivity contribution in [1.29, 1.82) is 0 Å². The normalized spacial score (nSPS) is 27.4.